The lowest BCUT2D eigenvalue weighted by molar-refractivity contribution is 0.620. The van der Waals surface area contributed by atoms with Crippen LogP contribution in [-0.2, 0) is 6.42 Å². The summed E-state index contributed by atoms with van der Waals surface area (Å²) in [5, 5.41) is 2.57. The molecule has 0 atom stereocenters. The maximum atomic E-state index is 6.75. The summed E-state index contributed by atoms with van der Waals surface area (Å²) in [6.45, 7) is 2.28. The van der Waals surface area contributed by atoms with Gasteiger partial charge in [-0.3, -0.25) is 0 Å². The van der Waals surface area contributed by atoms with E-state index in [4.69, 9.17) is 9.40 Å². The number of rotatable bonds is 13. The van der Waals surface area contributed by atoms with Crippen LogP contribution in [0.25, 0.3) is 106 Å². The Morgan fingerprint density at radius 3 is 1.62 bits per heavy atom. The second kappa shape index (κ2) is 17.8. The number of unbranched alkanes of at least 4 members (excludes halogenated alkanes) is 4. The molecule has 65 heavy (non-hydrogen) atoms. The zero-order chi connectivity index (χ0) is 43.5. The highest BCUT2D eigenvalue weighted by Gasteiger charge is 2.18. The number of aromatic nitrogens is 2. The van der Waals surface area contributed by atoms with Crippen LogP contribution in [0.1, 0.15) is 44.6 Å². The van der Waals surface area contributed by atoms with Crippen LogP contribution in [0.15, 0.2) is 217 Å². The summed E-state index contributed by atoms with van der Waals surface area (Å²) in [6.07, 6.45) is 7.53. The molecule has 3 nitrogen and oxygen atoms in total. The molecule has 0 radical (unpaired) electrons. The van der Waals surface area contributed by atoms with Crippen molar-refractivity contribution in [1.29, 1.82) is 0 Å². The number of aryl methyl sites for hydroxylation is 1. The quantitative estimate of drug-likeness (QED) is 0.108. The van der Waals surface area contributed by atoms with Crippen molar-refractivity contribution < 1.29 is 4.42 Å². The van der Waals surface area contributed by atoms with Gasteiger partial charge in [-0.1, -0.05) is 172 Å². The van der Waals surface area contributed by atoms with Gasteiger partial charge >= 0.3 is 0 Å². The van der Waals surface area contributed by atoms with Gasteiger partial charge in [-0.15, -0.1) is 0 Å². The molecule has 0 unspecified atom stereocenters. The number of hydrogen-bond donors (Lipinski definition) is 0. The molecular weight excluding hydrogens is 789 g/mol. The van der Waals surface area contributed by atoms with Crippen LogP contribution in [0.2, 0.25) is 0 Å². The van der Waals surface area contributed by atoms with Gasteiger partial charge in [0.1, 0.15) is 5.52 Å². The smallest absolute Gasteiger partial charge is 0.227 e. The number of fused-ring (bicyclic) bond motifs is 4. The minimum atomic E-state index is 0.603. The van der Waals surface area contributed by atoms with Gasteiger partial charge in [0.05, 0.1) is 11.0 Å². The van der Waals surface area contributed by atoms with Gasteiger partial charge in [0.25, 0.3) is 0 Å². The third kappa shape index (κ3) is 8.07. The lowest BCUT2D eigenvalue weighted by Gasteiger charge is -2.10. The SMILES string of the molecule is CCCCCCCc1ccc2c(c1)c1cc(-c3ccc(-c4nc5c(-c6cccc(-c7ccccc7)c6)cc(-c6cccc(-c7ccccc7)c6)cc5o4)cc3)ccc1n2-c1ccccc1. The number of benzene rings is 9. The van der Waals surface area contributed by atoms with E-state index in [1.807, 2.05) is 0 Å². The van der Waals surface area contributed by atoms with Crippen LogP contribution in [-0.4, -0.2) is 9.55 Å². The summed E-state index contributed by atoms with van der Waals surface area (Å²) < 4.78 is 9.16. The Bertz CT molecular complexity index is 3420. The number of para-hydroxylation sites is 1. The molecule has 0 N–H and O–H groups in total. The highest BCUT2D eigenvalue weighted by molar-refractivity contribution is 6.10. The fraction of sp³-hybridized carbons (Fsp3) is 0.113. The molecule has 0 saturated heterocycles. The van der Waals surface area contributed by atoms with Crippen molar-refractivity contribution >= 4 is 32.9 Å². The van der Waals surface area contributed by atoms with Gasteiger partial charge in [0.15, 0.2) is 5.58 Å². The minimum Gasteiger partial charge on any atom is -0.436 e. The number of hydrogen-bond acceptors (Lipinski definition) is 2. The fourth-order valence-corrected chi connectivity index (χ4v) is 9.54. The van der Waals surface area contributed by atoms with E-state index in [0.29, 0.717) is 5.89 Å². The standard InChI is InChI=1S/C62H50N2O/c1-2-3-4-5-9-18-43-29-35-58-56(37-43)57-40-51(34-36-59(57)64(58)54-27-14-8-15-28-54)46-30-32-47(33-31-46)62-63-61-55(52-26-17-24-49(39-52)45-21-12-7-13-22-45)41-53(42-60(61)65-62)50-25-16-23-48(38-50)44-19-10-6-11-20-44/h6-8,10-17,19-42H,2-5,9,18H2,1H3. The topological polar surface area (TPSA) is 31.0 Å². The number of nitrogens with zero attached hydrogens (tertiary/aromatic N) is 2. The van der Waals surface area contributed by atoms with E-state index >= 15 is 0 Å². The van der Waals surface area contributed by atoms with Crippen molar-refractivity contribution in [2.75, 3.05) is 0 Å². The largest absolute Gasteiger partial charge is 0.436 e. The van der Waals surface area contributed by atoms with E-state index in [0.717, 1.165) is 56.5 Å². The maximum absolute atomic E-state index is 6.75. The lowest BCUT2D eigenvalue weighted by atomic mass is 9.94. The van der Waals surface area contributed by atoms with Gasteiger partial charge in [0, 0.05) is 27.6 Å². The highest BCUT2D eigenvalue weighted by atomic mass is 16.3. The molecule has 11 aromatic rings. The molecule has 314 valence electrons. The summed E-state index contributed by atoms with van der Waals surface area (Å²) >= 11 is 0. The Morgan fingerprint density at radius 1 is 0.400 bits per heavy atom. The van der Waals surface area contributed by atoms with Crippen LogP contribution in [0.5, 0.6) is 0 Å². The van der Waals surface area contributed by atoms with Crippen LogP contribution in [0, 0.1) is 0 Å². The highest BCUT2D eigenvalue weighted by Crippen LogP contribution is 2.40. The van der Waals surface area contributed by atoms with Crippen molar-refractivity contribution in [3.8, 4) is 72.8 Å². The monoisotopic (exact) mass is 838 g/mol. The van der Waals surface area contributed by atoms with Crippen molar-refractivity contribution in [3.63, 3.8) is 0 Å². The molecule has 0 aliphatic carbocycles. The van der Waals surface area contributed by atoms with Crippen LogP contribution in [0.4, 0.5) is 0 Å². The van der Waals surface area contributed by atoms with Crippen molar-refractivity contribution in [3.05, 3.63) is 218 Å². The molecule has 2 heterocycles. The molecule has 0 aliphatic heterocycles. The summed E-state index contributed by atoms with van der Waals surface area (Å²) in [7, 11) is 0. The van der Waals surface area contributed by atoms with Crippen molar-refractivity contribution in [2.45, 2.75) is 45.4 Å². The molecule has 0 bridgehead atoms. The normalized spacial score (nSPS) is 11.5. The fourth-order valence-electron chi connectivity index (χ4n) is 9.54. The second-order valence-corrected chi connectivity index (χ2v) is 17.3. The van der Waals surface area contributed by atoms with E-state index < -0.39 is 0 Å². The zero-order valence-electron chi connectivity index (χ0n) is 36.8. The van der Waals surface area contributed by atoms with Gasteiger partial charge < -0.3 is 8.98 Å². The Labute approximate surface area is 381 Å². The Kier molecular flexibility index (Phi) is 11.0. The molecule has 11 rings (SSSR count). The Balaban J connectivity index is 0.972. The third-order valence-electron chi connectivity index (χ3n) is 13.0. The zero-order valence-corrected chi connectivity index (χ0v) is 36.8. The second-order valence-electron chi connectivity index (χ2n) is 17.3. The van der Waals surface area contributed by atoms with Gasteiger partial charge in [-0.2, -0.15) is 0 Å². The molecule has 0 saturated carbocycles. The molecule has 0 fully saturated rings. The van der Waals surface area contributed by atoms with E-state index in [2.05, 4.69) is 224 Å². The van der Waals surface area contributed by atoms with Crippen molar-refractivity contribution in [2.24, 2.45) is 0 Å². The summed E-state index contributed by atoms with van der Waals surface area (Å²) in [5.74, 6) is 0.603. The van der Waals surface area contributed by atoms with E-state index in [1.54, 1.807) is 0 Å². The van der Waals surface area contributed by atoms with E-state index in [-0.39, 0.29) is 0 Å². The lowest BCUT2D eigenvalue weighted by Crippen LogP contribution is -1.93. The first kappa shape index (κ1) is 40.1. The van der Waals surface area contributed by atoms with Gasteiger partial charge in [0.2, 0.25) is 5.89 Å². The summed E-state index contributed by atoms with van der Waals surface area (Å²) in [4.78, 5) is 5.25. The summed E-state index contributed by atoms with van der Waals surface area (Å²) in [5.41, 5.74) is 18.9. The van der Waals surface area contributed by atoms with Crippen LogP contribution >= 0.6 is 0 Å². The van der Waals surface area contributed by atoms with E-state index in [1.165, 1.54) is 87.4 Å². The van der Waals surface area contributed by atoms with Gasteiger partial charge in [-0.25, -0.2) is 4.98 Å². The Hall–Kier alpha value is -7.75. The average molecular weight is 839 g/mol. The molecule has 2 aromatic heterocycles. The first-order valence-corrected chi connectivity index (χ1v) is 23.2. The maximum Gasteiger partial charge on any atom is 0.227 e. The molecule has 0 aliphatic rings. The van der Waals surface area contributed by atoms with Crippen LogP contribution in [0.3, 0.4) is 0 Å². The molecular formula is C62H50N2O. The minimum absolute atomic E-state index is 0.603. The first-order chi connectivity index (χ1) is 32.2. The Morgan fingerprint density at radius 2 is 0.923 bits per heavy atom. The first-order valence-electron chi connectivity index (χ1n) is 23.2. The predicted octanol–water partition coefficient (Wildman–Crippen LogP) is 17.4. The number of oxazole rings is 1. The van der Waals surface area contributed by atoms with Crippen molar-refractivity contribution in [1.82, 2.24) is 9.55 Å². The molecule has 3 heteroatoms. The molecule has 0 amide bonds. The third-order valence-corrected chi connectivity index (χ3v) is 13.0. The van der Waals surface area contributed by atoms with E-state index in [9.17, 15) is 0 Å². The molecule has 9 aromatic carbocycles. The molecule has 0 spiro atoms. The van der Waals surface area contributed by atoms with Crippen LogP contribution < -0.4 is 0 Å². The average Bonchev–Trinajstić information content (AvgIpc) is 3.96. The summed E-state index contributed by atoms with van der Waals surface area (Å²) in [6, 6.07) is 76.5. The predicted molar refractivity (Wildman–Crippen MR) is 273 cm³/mol. The van der Waals surface area contributed by atoms with Gasteiger partial charge in [-0.05, 0) is 141 Å².